The van der Waals surface area contributed by atoms with Crippen molar-refractivity contribution in [1.82, 2.24) is 0 Å². The molecule has 7 nitrogen and oxygen atoms in total. The van der Waals surface area contributed by atoms with Gasteiger partial charge < -0.3 is 24.8 Å². The summed E-state index contributed by atoms with van der Waals surface area (Å²) in [5, 5.41) is 21.1. The maximum atomic E-state index is 12.3. The molecule has 0 aliphatic carbocycles. The van der Waals surface area contributed by atoms with Gasteiger partial charge in [0.1, 0.15) is 5.75 Å². The number of ether oxygens (including phenoxy) is 2. The molecule has 8 heteroatoms. The minimum absolute atomic E-state index is 0.292. The lowest BCUT2D eigenvalue weighted by atomic mass is 9.80. The number of carbonyl (C=O) groups excluding carboxylic acids is 2. The van der Waals surface area contributed by atoms with E-state index in [0.717, 1.165) is 12.5 Å². The summed E-state index contributed by atoms with van der Waals surface area (Å²) in [6.07, 6.45) is 2.53. The number of nitrogens with one attached hydrogen (secondary N) is 1. The Bertz CT molecular complexity index is 807. The third kappa shape index (κ3) is 6.90. The smallest absolute Gasteiger partial charge is 0.488 e. The fourth-order valence-corrected chi connectivity index (χ4v) is 2.31. The summed E-state index contributed by atoms with van der Waals surface area (Å²) in [7, 11) is -1.60. The van der Waals surface area contributed by atoms with Crippen molar-refractivity contribution >= 4 is 30.1 Å². The van der Waals surface area contributed by atoms with Crippen molar-refractivity contribution in [2.75, 3.05) is 18.5 Å². The van der Waals surface area contributed by atoms with Crippen molar-refractivity contribution in [2.45, 2.75) is 12.8 Å². The van der Waals surface area contributed by atoms with Gasteiger partial charge in [-0.25, -0.2) is 4.79 Å². The molecule has 0 aliphatic rings. The standard InChI is InChI=1S/C20H22BNO6/c1-2-19(23)28-13-4-3-12-27-18-10-8-15(9-11-18)20(24)22-17-7-5-6-16(14-17)21(25)26/h2,5-11,14,25-26H,1,3-4,12-13H2,(H,22,24). The number of hydrogen-bond donors (Lipinski definition) is 3. The number of amides is 1. The summed E-state index contributed by atoms with van der Waals surface area (Å²) in [6.45, 7) is 4.11. The molecule has 146 valence electrons. The highest BCUT2D eigenvalue weighted by molar-refractivity contribution is 6.58. The number of carbonyl (C=O) groups is 2. The Morgan fingerprint density at radius 1 is 1.07 bits per heavy atom. The van der Waals surface area contributed by atoms with Crippen molar-refractivity contribution in [2.24, 2.45) is 0 Å². The summed E-state index contributed by atoms with van der Waals surface area (Å²) >= 11 is 0. The molecule has 3 N–H and O–H groups in total. The molecule has 0 heterocycles. The van der Waals surface area contributed by atoms with E-state index in [1.807, 2.05) is 0 Å². The molecule has 0 spiro atoms. The van der Waals surface area contributed by atoms with Gasteiger partial charge in [-0.15, -0.1) is 0 Å². The van der Waals surface area contributed by atoms with Crippen LogP contribution < -0.4 is 15.5 Å². The largest absolute Gasteiger partial charge is 0.494 e. The van der Waals surface area contributed by atoms with Gasteiger partial charge in [0.15, 0.2) is 0 Å². The molecule has 0 aromatic heterocycles. The summed E-state index contributed by atoms with van der Waals surface area (Å²) in [4.78, 5) is 23.2. The zero-order valence-electron chi connectivity index (χ0n) is 15.3. The molecule has 0 saturated carbocycles. The van der Waals surface area contributed by atoms with E-state index in [2.05, 4.69) is 11.9 Å². The van der Waals surface area contributed by atoms with Crippen LogP contribution in [0.15, 0.2) is 61.2 Å². The minimum Gasteiger partial charge on any atom is -0.494 e. The normalized spacial score (nSPS) is 10.1. The second kappa shape index (κ2) is 10.9. The highest BCUT2D eigenvalue weighted by Crippen LogP contribution is 2.14. The van der Waals surface area contributed by atoms with Crippen molar-refractivity contribution in [3.63, 3.8) is 0 Å². The van der Waals surface area contributed by atoms with Crippen molar-refractivity contribution in [3.05, 3.63) is 66.7 Å². The highest BCUT2D eigenvalue weighted by atomic mass is 16.5. The van der Waals surface area contributed by atoms with Gasteiger partial charge >= 0.3 is 13.1 Å². The van der Waals surface area contributed by atoms with E-state index in [-0.39, 0.29) is 5.91 Å². The molecular formula is C20H22BNO6. The zero-order chi connectivity index (χ0) is 20.4. The van der Waals surface area contributed by atoms with Crippen LogP contribution in [-0.4, -0.2) is 42.3 Å². The molecule has 1 amide bonds. The molecular weight excluding hydrogens is 361 g/mol. The maximum Gasteiger partial charge on any atom is 0.488 e. The molecule has 2 aromatic carbocycles. The Kier molecular flexibility index (Phi) is 8.26. The van der Waals surface area contributed by atoms with E-state index in [9.17, 15) is 19.6 Å². The van der Waals surface area contributed by atoms with E-state index < -0.39 is 13.1 Å². The van der Waals surface area contributed by atoms with Crippen LogP contribution in [0.4, 0.5) is 5.69 Å². The number of anilines is 1. The monoisotopic (exact) mass is 383 g/mol. The van der Waals surface area contributed by atoms with Crippen LogP contribution in [0.2, 0.25) is 0 Å². The van der Waals surface area contributed by atoms with Gasteiger partial charge in [-0.05, 0) is 54.7 Å². The Hall–Kier alpha value is -3.10. The summed E-state index contributed by atoms with van der Waals surface area (Å²) in [6, 6.07) is 13.0. The van der Waals surface area contributed by atoms with Gasteiger partial charge in [-0.1, -0.05) is 18.7 Å². The molecule has 0 bridgehead atoms. The Morgan fingerprint density at radius 3 is 2.46 bits per heavy atom. The fraction of sp³-hybridized carbons (Fsp3) is 0.200. The number of benzene rings is 2. The van der Waals surface area contributed by atoms with Crippen molar-refractivity contribution in [1.29, 1.82) is 0 Å². The van der Waals surface area contributed by atoms with Crippen LogP contribution in [-0.2, 0) is 9.53 Å². The van der Waals surface area contributed by atoms with E-state index in [1.54, 1.807) is 42.5 Å². The van der Waals surface area contributed by atoms with Crippen LogP contribution in [0, 0.1) is 0 Å². The van der Waals surface area contributed by atoms with Crippen LogP contribution in [0.25, 0.3) is 0 Å². The third-order valence-electron chi connectivity index (χ3n) is 3.78. The Morgan fingerprint density at radius 2 is 1.79 bits per heavy atom. The minimum atomic E-state index is -1.60. The van der Waals surface area contributed by atoms with Crippen LogP contribution in [0.1, 0.15) is 23.2 Å². The molecule has 0 saturated heterocycles. The topological polar surface area (TPSA) is 105 Å². The maximum absolute atomic E-state index is 12.3. The average molecular weight is 383 g/mol. The van der Waals surface area contributed by atoms with Crippen LogP contribution in [0.5, 0.6) is 5.75 Å². The molecule has 0 radical (unpaired) electrons. The molecule has 0 atom stereocenters. The summed E-state index contributed by atoms with van der Waals surface area (Å²) < 4.78 is 10.5. The van der Waals surface area contributed by atoms with Crippen LogP contribution >= 0.6 is 0 Å². The van der Waals surface area contributed by atoms with E-state index in [0.29, 0.717) is 42.1 Å². The van der Waals surface area contributed by atoms with Gasteiger partial charge in [0.25, 0.3) is 5.91 Å². The molecule has 2 rings (SSSR count). The lowest BCUT2D eigenvalue weighted by Gasteiger charge is -2.09. The van der Waals surface area contributed by atoms with E-state index in [4.69, 9.17) is 9.47 Å². The van der Waals surface area contributed by atoms with Gasteiger partial charge in [0.2, 0.25) is 0 Å². The quantitative estimate of drug-likeness (QED) is 0.249. The lowest BCUT2D eigenvalue weighted by Crippen LogP contribution is -2.30. The number of unbranched alkanes of at least 4 members (excludes halogenated alkanes) is 1. The highest BCUT2D eigenvalue weighted by Gasteiger charge is 2.12. The number of rotatable bonds is 10. The molecule has 0 aliphatic heterocycles. The lowest BCUT2D eigenvalue weighted by molar-refractivity contribution is -0.137. The van der Waals surface area contributed by atoms with Gasteiger partial charge in [0.05, 0.1) is 13.2 Å². The third-order valence-corrected chi connectivity index (χ3v) is 3.78. The van der Waals surface area contributed by atoms with E-state index >= 15 is 0 Å². The molecule has 2 aromatic rings. The Balaban J connectivity index is 1.78. The first-order valence-corrected chi connectivity index (χ1v) is 8.79. The van der Waals surface area contributed by atoms with Crippen molar-refractivity contribution in [3.8, 4) is 5.75 Å². The van der Waals surface area contributed by atoms with Crippen molar-refractivity contribution < 1.29 is 29.1 Å². The zero-order valence-corrected chi connectivity index (χ0v) is 15.3. The Labute approximate surface area is 163 Å². The van der Waals surface area contributed by atoms with Gasteiger partial charge in [-0.2, -0.15) is 0 Å². The first-order valence-electron chi connectivity index (χ1n) is 8.79. The van der Waals surface area contributed by atoms with Crippen LogP contribution in [0.3, 0.4) is 0 Å². The van der Waals surface area contributed by atoms with E-state index in [1.165, 1.54) is 6.07 Å². The predicted octanol–water partition coefficient (Wildman–Crippen LogP) is 1.51. The molecule has 0 fully saturated rings. The first-order chi connectivity index (χ1) is 13.5. The van der Waals surface area contributed by atoms with Gasteiger partial charge in [0, 0.05) is 17.3 Å². The summed E-state index contributed by atoms with van der Waals surface area (Å²) in [5.41, 5.74) is 1.20. The SMILES string of the molecule is C=CC(=O)OCCCCOc1ccc(C(=O)Nc2cccc(B(O)O)c2)cc1. The number of esters is 1. The fourth-order valence-electron chi connectivity index (χ4n) is 2.31. The second-order valence-electron chi connectivity index (χ2n) is 5.90. The predicted molar refractivity (Wildman–Crippen MR) is 107 cm³/mol. The summed E-state index contributed by atoms with van der Waals surface area (Å²) in [5.74, 6) is -0.126. The molecule has 28 heavy (non-hydrogen) atoms. The average Bonchev–Trinajstić information content (AvgIpc) is 2.70. The molecule has 0 unspecified atom stereocenters. The van der Waals surface area contributed by atoms with Gasteiger partial charge in [-0.3, -0.25) is 4.79 Å². The first kappa shape index (κ1) is 21.2. The number of hydrogen-bond acceptors (Lipinski definition) is 6. The second-order valence-corrected chi connectivity index (χ2v) is 5.90.